The Bertz CT molecular complexity index is 479. The zero-order valence-corrected chi connectivity index (χ0v) is 15.3. The number of aliphatic hydroxyl groups excluding tert-OH is 1. The molecule has 0 saturated heterocycles. The van der Waals surface area contributed by atoms with Crippen LogP contribution < -0.4 is 0 Å². The number of hydrogen-bond donors (Lipinski definition) is 1. The summed E-state index contributed by atoms with van der Waals surface area (Å²) in [6, 6.07) is 3.78. The van der Waals surface area contributed by atoms with Crippen molar-refractivity contribution < 1.29 is 9.90 Å². The van der Waals surface area contributed by atoms with Crippen LogP contribution in [0.3, 0.4) is 0 Å². The Kier molecular flexibility index (Phi) is 7.46. The monoisotopic (exact) mass is 323 g/mol. The summed E-state index contributed by atoms with van der Waals surface area (Å²) < 4.78 is 0. The van der Waals surface area contributed by atoms with Crippen LogP contribution in [0.4, 0.5) is 0 Å². The maximum Gasteiger partial charge on any atom is 0.155 e. The Hall–Kier alpha value is -0.970. The van der Waals surface area contributed by atoms with Gasteiger partial charge < -0.3 is 5.11 Å². The fourth-order valence-electron chi connectivity index (χ4n) is 2.31. The summed E-state index contributed by atoms with van der Waals surface area (Å²) in [6.07, 6.45) is 3.30. The van der Waals surface area contributed by atoms with Crippen molar-refractivity contribution in [1.82, 2.24) is 4.90 Å². The van der Waals surface area contributed by atoms with Gasteiger partial charge in [0.1, 0.15) is 0 Å². The van der Waals surface area contributed by atoms with E-state index in [2.05, 4.69) is 0 Å². The molecule has 1 aromatic heterocycles. The summed E-state index contributed by atoms with van der Waals surface area (Å²) in [5.74, 6) is -0.0783. The summed E-state index contributed by atoms with van der Waals surface area (Å²) in [7, 11) is 1.91. The predicted octanol–water partition coefficient (Wildman–Crippen LogP) is 3.69. The molecular weight excluding hydrogens is 294 g/mol. The van der Waals surface area contributed by atoms with Crippen LogP contribution in [0.25, 0.3) is 6.08 Å². The fourth-order valence-corrected chi connectivity index (χ4v) is 2.94. The van der Waals surface area contributed by atoms with Gasteiger partial charge in [0, 0.05) is 22.8 Å². The van der Waals surface area contributed by atoms with Crippen LogP contribution in [0.2, 0.25) is 0 Å². The molecule has 1 N–H and O–H groups in total. The summed E-state index contributed by atoms with van der Waals surface area (Å²) in [5, 5.41) is 12.8. The lowest BCUT2D eigenvalue weighted by Gasteiger charge is -2.36. The highest BCUT2D eigenvalue weighted by Crippen LogP contribution is 2.21. The quantitative estimate of drug-likeness (QED) is 0.793. The van der Waals surface area contributed by atoms with Gasteiger partial charge in [-0.2, -0.15) is 0 Å². The summed E-state index contributed by atoms with van der Waals surface area (Å²) in [6.45, 7) is 9.83. The maximum absolute atomic E-state index is 12.5. The van der Waals surface area contributed by atoms with Crippen molar-refractivity contribution in [2.24, 2.45) is 11.8 Å². The molecule has 4 heteroatoms. The first-order chi connectivity index (χ1) is 10.3. The molecule has 0 aliphatic heterocycles. The smallest absolute Gasteiger partial charge is 0.155 e. The van der Waals surface area contributed by atoms with Crippen LogP contribution in [0.15, 0.2) is 23.6 Å². The molecule has 0 fully saturated rings. The zero-order chi connectivity index (χ0) is 16.9. The molecule has 0 spiro atoms. The molecule has 3 atom stereocenters. The number of hydrogen-bond acceptors (Lipinski definition) is 4. The van der Waals surface area contributed by atoms with E-state index in [1.165, 1.54) is 0 Å². The molecule has 1 rings (SSSR count). The summed E-state index contributed by atoms with van der Waals surface area (Å²) in [5.41, 5.74) is 0. The third kappa shape index (κ3) is 5.04. The molecule has 0 radical (unpaired) electrons. The van der Waals surface area contributed by atoms with E-state index in [1.807, 2.05) is 76.2 Å². The van der Waals surface area contributed by atoms with E-state index >= 15 is 0 Å². The average Bonchev–Trinajstić information content (AvgIpc) is 2.97. The average molecular weight is 324 g/mol. The van der Waals surface area contributed by atoms with E-state index in [9.17, 15) is 9.90 Å². The number of likely N-dealkylation sites (N-methyl/N-ethyl adjacent to an activating group) is 1. The molecule has 0 bridgehead atoms. The van der Waals surface area contributed by atoms with Gasteiger partial charge in [-0.15, -0.1) is 11.3 Å². The van der Waals surface area contributed by atoms with Gasteiger partial charge >= 0.3 is 0 Å². The minimum absolute atomic E-state index is 0.0870. The topological polar surface area (TPSA) is 40.5 Å². The van der Waals surface area contributed by atoms with Crippen LogP contribution in [0, 0.1) is 11.8 Å². The highest BCUT2D eigenvalue weighted by molar-refractivity contribution is 7.10. The number of nitrogens with zero attached hydrogens (tertiary/aromatic N) is 1. The number of ketones is 1. The van der Waals surface area contributed by atoms with E-state index in [0.29, 0.717) is 0 Å². The minimum Gasteiger partial charge on any atom is -0.390 e. The Balaban J connectivity index is 2.90. The van der Waals surface area contributed by atoms with Crippen molar-refractivity contribution in [3.63, 3.8) is 0 Å². The standard InChI is InChI=1S/C18H29NO2S/c1-12(2)17(20)16(19(6)13(3)4)18(21)14(5)9-10-15-8-7-11-22-15/h7-14,16,18,21H,1-6H3/b10-9+/t14-,16-,18-/m1/s1. The van der Waals surface area contributed by atoms with Crippen molar-refractivity contribution in [3.05, 3.63) is 28.5 Å². The van der Waals surface area contributed by atoms with Crippen molar-refractivity contribution in [1.29, 1.82) is 0 Å². The number of carbonyl (C=O) groups excluding carboxylic acids is 1. The fraction of sp³-hybridized carbons (Fsp3) is 0.611. The van der Waals surface area contributed by atoms with Gasteiger partial charge in [-0.05, 0) is 38.4 Å². The lowest BCUT2D eigenvalue weighted by Crippen LogP contribution is -2.53. The van der Waals surface area contributed by atoms with Crippen molar-refractivity contribution >= 4 is 23.2 Å². The molecule has 22 heavy (non-hydrogen) atoms. The first-order valence-electron chi connectivity index (χ1n) is 7.91. The van der Waals surface area contributed by atoms with Crippen LogP contribution in [0.1, 0.15) is 39.5 Å². The largest absolute Gasteiger partial charge is 0.390 e. The Morgan fingerprint density at radius 2 is 1.91 bits per heavy atom. The van der Waals surface area contributed by atoms with E-state index < -0.39 is 12.1 Å². The molecule has 0 saturated carbocycles. The highest BCUT2D eigenvalue weighted by Gasteiger charge is 2.35. The van der Waals surface area contributed by atoms with E-state index in [0.717, 1.165) is 4.88 Å². The molecule has 0 unspecified atom stereocenters. The van der Waals surface area contributed by atoms with Gasteiger partial charge in [0.2, 0.25) is 0 Å². The second kappa shape index (κ2) is 8.61. The lowest BCUT2D eigenvalue weighted by molar-refractivity contribution is -0.132. The van der Waals surface area contributed by atoms with Gasteiger partial charge in [0.15, 0.2) is 5.78 Å². The van der Waals surface area contributed by atoms with Gasteiger partial charge in [-0.1, -0.05) is 32.9 Å². The van der Waals surface area contributed by atoms with Crippen molar-refractivity contribution in [2.75, 3.05) is 7.05 Å². The lowest BCUT2D eigenvalue weighted by atomic mass is 9.88. The van der Waals surface area contributed by atoms with Crippen LogP contribution >= 0.6 is 11.3 Å². The van der Waals surface area contributed by atoms with Crippen LogP contribution in [-0.2, 0) is 4.79 Å². The van der Waals surface area contributed by atoms with Crippen LogP contribution in [-0.4, -0.2) is 41.0 Å². The molecule has 1 heterocycles. The zero-order valence-electron chi connectivity index (χ0n) is 14.5. The minimum atomic E-state index is -0.710. The van der Waals surface area contributed by atoms with Crippen LogP contribution in [0.5, 0.6) is 0 Å². The molecule has 0 aliphatic rings. The molecule has 0 amide bonds. The number of rotatable bonds is 8. The van der Waals surface area contributed by atoms with Crippen molar-refractivity contribution in [2.45, 2.75) is 52.8 Å². The second-order valence-corrected chi connectivity index (χ2v) is 7.46. The summed E-state index contributed by atoms with van der Waals surface area (Å²) >= 11 is 1.66. The second-order valence-electron chi connectivity index (χ2n) is 6.49. The van der Waals surface area contributed by atoms with Crippen molar-refractivity contribution in [3.8, 4) is 0 Å². The number of Topliss-reactive ketones (excluding diaryl/α,β-unsaturated/α-hetero) is 1. The Labute approximate surface area is 138 Å². The third-order valence-electron chi connectivity index (χ3n) is 4.08. The van der Waals surface area contributed by atoms with E-state index in [4.69, 9.17) is 0 Å². The van der Waals surface area contributed by atoms with Gasteiger partial charge in [-0.25, -0.2) is 0 Å². The van der Waals surface area contributed by atoms with E-state index in [1.54, 1.807) is 11.3 Å². The molecule has 124 valence electrons. The maximum atomic E-state index is 12.5. The highest BCUT2D eigenvalue weighted by atomic mass is 32.1. The predicted molar refractivity (Wildman–Crippen MR) is 95.1 cm³/mol. The number of thiophene rings is 1. The SMILES string of the molecule is CC(C)C(=O)[C@H]([C@H](O)[C@H](C)/C=C/c1cccs1)N(C)C(C)C. The first kappa shape index (κ1) is 19.1. The number of aliphatic hydroxyl groups is 1. The third-order valence-corrected chi connectivity index (χ3v) is 4.92. The first-order valence-corrected chi connectivity index (χ1v) is 8.79. The summed E-state index contributed by atoms with van der Waals surface area (Å²) in [4.78, 5) is 15.7. The molecule has 3 nitrogen and oxygen atoms in total. The molecule has 0 aliphatic carbocycles. The van der Waals surface area contributed by atoms with Gasteiger partial charge in [-0.3, -0.25) is 9.69 Å². The molecule has 0 aromatic carbocycles. The number of carbonyl (C=O) groups is 1. The Morgan fingerprint density at radius 1 is 1.27 bits per heavy atom. The van der Waals surface area contributed by atoms with E-state index in [-0.39, 0.29) is 23.7 Å². The van der Waals surface area contributed by atoms with Gasteiger partial charge in [0.05, 0.1) is 12.1 Å². The molecular formula is C18H29NO2S. The Morgan fingerprint density at radius 3 is 2.36 bits per heavy atom. The van der Waals surface area contributed by atoms with Gasteiger partial charge in [0.25, 0.3) is 0 Å². The molecule has 1 aromatic rings. The normalized spacial score (nSPS) is 16.6.